The summed E-state index contributed by atoms with van der Waals surface area (Å²) < 4.78 is 0. The van der Waals surface area contributed by atoms with Crippen molar-refractivity contribution in [3.63, 3.8) is 0 Å². The van der Waals surface area contributed by atoms with Crippen molar-refractivity contribution in [2.75, 3.05) is 13.1 Å². The number of rotatable bonds is 6. The third-order valence-electron chi connectivity index (χ3n) is 3.66. The highest BCUT2D eigenvalue weighted by Crippen LogP contribution is 2.38. The monoisotopic (exact) mass is 185 g/mol. The molecule has 0 aliphatic heterocycles. The van der Waals surface area contributed by atoms with Crippen LogP contribution in [0.2, 0.25) is 0 Å². The van der Waals surface area contributed by atoms with Crippen molar-refractivity contribution in [3.8, 4) is 0 Å². The van der Waals surface area contributed by atoms with E-state index in [-0.39, 0.29) is 0 Å². The van der Waals surface area contributed by atoms with Gasteiger partial charge in [-0.25, -0.2) is 0 Å². The molecule has 0 aliphatic rings. The summed E-state index contributed by atoms with van der Waals surface area (Å²) in [4.78, 5) is 0. The second-order valence-electron chi connectivity index (χ2n) is 4.68. The van der Waals surface area contributed by atoms with Crippen LogP contribution in [0.3, 0.4) is 0 Å². The van der Waals surface area contributed by atoms with E-state index in [1.807, 2.05) is 0 Å². The van der Waals surface area contributed by atoms with Crippen molar-refractivity contribution in [1.29, 1.82) is 0 Å². The Morgan fingerprint density at radius 2 is 1.46 bits per heavy atom. The standard InChI is InChI=1S/C12H27N/c1-7-12(10(3)4,11(5)6)9-13-8-2/h10-11,13H,7-9H2,1-6H3. The first-order chi connectivity index (χ1) is 6.01. The van der Waals surface area contributed by atoms with E-state index in [0.29, 0.717) is 5.41 Å². The SMILES string of the molecule is CCNCC(CC)(C(C)C)C(C)C. The van der Waals surface area contributed by atoms with E-state index in [4.69, 9.17) is 0 Å². The van der Waals surface area contributed by atoms with Crippen molar-refractivity contribution in [3.05, 3.63) is 0 Å². The van der Waals surface area contributed by atoms with Crippen molar-refractivity contribution >= 4 is 0 Å². The molecule has 0 spiro atoms. The van der Waals surface area contributed by atoms with Crippen LogP contribution in [0.4, 0.5) is 0 Å². The molecule has 0 aromatic carbocycles. The molecular formula is C12H27N. The molecule has 0 amide bonds. The highest BCUT2D eigenvalue weighted by molar-refractivity contribution is 4.86. The van der Waals surface area contributed by atoms with Gasteiger partial charge in [0.2, 0.25) is 0 Å². The fourth-order valence-electron chi connectivity index (χ4n) is 2.37. The van der Waals surface area contributed by atoms with E-state index in [0.717, 1.165) is 24.9 Å². The summed E-state index contributed by atoms with van der Waals surface area (Å²) in [5.74, 6) is 1.52. The van der Waals surface area contributed by atoms with Crippen molar-refractivity contribution in [2.24, 2.45) is 17.3 Å². The van der Waals surface area contributed by atoms with Gasteiger partial charge in [-0.3, -0.25) is 0 Å². The second-order valence-corrected chi connectivity index (χ2v) is 4.68. The van der Waals surface area contributed by atoms with Gasteiger partial charge in [0.1, 0.15) is 0 Å². The van der Waals surface area contributed by atoms with Crippen LogP contribution >= 0.6 is 0 Å². The fraction of sp³-hybridized carbons (Fsp3) is 1.00. The lowest BCUT2D eigenvalue weighted by Gasteiger charge is -2.41. The van der Waals surface area contributed by atoms with Gasteiger partial charge in [-0.15, -0.1) is 0 Å². The molecule has 1 heteroatoms. The minimum atomic E-state index is 0.482. The van der Waals surface area contributed by atoms with E-state index < -0.39 is 0 Å². The molecule has 0 unspecified atom stereocenters. The molecule has 0 heterocycles. The summed E-state index contributed by atoms with van der Waals surface area (Å²) in [5, 5.41) is 3.50. The van der Waals surface area contributed by atoms with E-state index in [1.165, 1.54) is 6.42 Å². The van der Waals surface area contributed by atoms with Gasteiger partial charge in [0.15, 0.2) is 0 Å². The first-order valence-electron chi connectivity index (χ1n) is 5.72. The molecule has 0 aromatic rings. The van der Waals surface area contributed by atoms with E-state index in [9.17, 15) is 0 Å². The zero-order valence-corrected chi connectivity index (χ0v) is 10.3. The first kappa shape index (κ1) is 13.0. The third-order valence-corrected chi connectivity index (χ3v) is 3.66. The molecule has 0 aromatic heterocycles. The second kappa shape index (κ2) is 5.64. The Labute approximate surface area is 84.3 Å². The average Bonchev–Trinajstić information content (AvgIpc) is 2.05. The van der Waals surface area contributed by atoms with Gasteiger partial charge in [0.25, 0.3) is 0 Å². The van der Waals surface area contributed by atoms with E-state index in [2.05, 4.69) is 46.9 Å². The molecular weight excluding hydrogens is 158 g/mol. The Morgan fingerprint density at radius 3 is 1.69 bits per heavy atom. The molecule has 0 saturated heterocycles. The smallest absolute Gasteiger partial charge is 0.00125 e. The zero-order valence-electron chi connectivity index (χ0n) is 10.3. The number of hydrogen-bond donors (Lipinski definition) is 1. The Kier molecular flexibility index (Phi) is 5.62. The zero-order chi connectivity index (χ0) is 10.5. The topological polar surface area (TPSA) is 12.0 Å². The molecule has 13 heavy (non-hydrogen) atoms. The van der Waals surface area contributed by atoms with Gasteiger partial charge in [-0.05, 0) is 30.2 Å². The van der Waals surface area contributed by atoms with Gasteiger partial charge in [-0.2, -0.15) is 0 Å². The molecule has 1 N–H and O–H groups in total. The molecule has 0 fully saturated rings. The Hall–Kier alpha value is -0.0400. The number of hydrogen-bond acceptors (Lipinski definition) is 1. The highest BCUT2D eigenvalue weighted by atomic mass is 14.9. The van der Waals surface area contributed by atoms with Crippen molar-refractivity contribution < 1.29 is 0 Å². The molecule has 0 saturated carbocycles. The Bertz CT molecular complexity index is 119. The Balaban J connectivity index is 4.45. The molecule has 0 rings (SSSR count). The van der Waals surface area contributed by atoms with Crippen LogP contribution < -0.4 is 5.32 Å². The predicted molar refractivity (Wildman–Crippen MR) is 60.9 cm³/mol. The maximum Gasteiger partial charge on any atom is 0.00125 e. The molecule has 0 atom stereocenters. The van der Waals surface area contributed by atoms with Crippen LogP contribution in [0.15, 0.2) is 0 Å². The molecule has 0 aliphatic carbocycles. The van der Waals surface area contributed by atoms with Crippen LogP contribution in [-0.4, -0.2) is 13.1 Å². The van der Waals surface area contributed by atoms with Crippen LogP contribution in [0.25, 0.3) is 0 Å². The van der Waals surface area contributed by atoms with Crippen molar-refractivity contribution in [1.82, 2.24) is 5.32 Å². The predicted octanol–water partition coefficient (Wildman–Crippen LogP) is 3.30. The van der Waals surface area contributed by atoms with Crippen LogP contribution in [0, 0.1) is 17.3 Å². The fourth-order valence-corrected chi connectivity index (χ4v) is 2.37. The van der Waals surface area contributed by atoms with Gasteiger partial charge in [0.05, 0.1) is 0 Å². The lowest BCUT2D eigenvalue weighted by molar-refractivity contribution is 0.104. The lowest BCUT2D eigenvalue weighted by atomic mass is 9.67. The number of nitrogens with one attached hydrogen (secondary N) is 1. The summed E-state index contributed by atoms with van der Waals surface area (Å²) in [6.45, 7) is 16.1. The summed E-state index contributed by atoms with van der Waals surface area (Å²) in [6, 6.07) is 0. The quantitative estimate of drug-likeness (QED) is 0.669. The van der Waals surface area contributed by atoms with Crippen molar-refractivity contribution in [2.45, 2.75) is 48.0 Å². The minimum absolute atomic E-state index is 0.482. The normalized spacial score (nSPS) is 12.9. The molecule has 80 valence electrons. The van der Waals surface area contributed by atoms with Crippen LogP contribution in [0.5, 0.6) is 0 Å². The van der Waals surface area contributed by atoms with Gasteiger partial charge >= 0.3 is 0 Å². The maximum atomic E-state index is 3.50. The first-order valence-corrected chi connectivity index (χ1v) is 5.72. The Morgan fingerprint density at radius 1 is 1.00 bits per heavy atom. The maximum absolute atomic E-state index is 3.50. The van der Waals surface area contributed by atoms with Crippen LogP contribution in [0.1, 0.15) is 48.0 Å². The lowest BCUT2D eigenvalue weighted by Crippen LogP contribution is -2.42. The van der Waals surface area contributed by atoms with E-state index >= 15 is 0 Å². The summed E-state index contributed by atoms with van der Waals surface area (Å²) in [5.41, 5.74) is 0.482. The van der Waals surface area contributed by atoms with E-state index in [1.54, 1.807) is 0 Å². The third kappa shape index (κ3) is 2.98. The summed E-state index contributed by atoms with van der Waals surface area (Å²) >= 11 is 0. The van der Waals surface area contributed by atoms with Gasteiger partial charge in [0, 0.05) is 6.54 Å². The van der Waals surface area contributed by atoms with Crippen LogP contribution in [-0.2, 0) is 0 Å². The summed E-state index contributed by atoms with van der Waals surface area (Å²) in [7, 11) is 0. The largest absolute Gasteiger partial charge is 0.316 e. The molecule has 0 bridgehead atoms. The molecule has 1 nitrogen and oxygen atoms in total. The summed E-state index contributed by atoms with van der Waals surface area (Å²) in [6.07, 6.45) is 1.27. The highest BCUT2D eigenvalue weighted by Gasteiger charge is 2.34. The average molecular weight is 185 g/mol. The van der Waals surface area contributed by atoms with Gasteiger partial charge in [-0.1, -0.05) is 41.5 Å². The molecule has 0 radical (unpaired) electrons. The van der Waals surface area contributed by atoms with Gasteiger partial charge < -0.3 is 5.32 Å². The minimum Gasteiger partial charge on any atom is -0.316 e.